The summed E-state index contributed by atoms with van der Waals surface area (Å²) < 4.78 is 16.0. The van der Waals surface area contributed by atoms with Crippen molar-refractivity contribution in [1.82, 2.24) is 15.1 Å². The van der Waals surface area contributed by atoms with Crippen LogP contribution in [0.3, 0.4) is 0 Å². The van der Waals surface area contributed by atoms with E-state index in [9.17, 15) is 9.90 Å². The summed E-state index contributed by atoms with van der Waals surface area (Å²) in [6, 6.07) is 8.30. The zero-order valence-electron chi connectivity index (χ0n) is 20.1. The van der Waals surface area contributed by atoms with Crippen LogP contribution in [-0.4, -0.2) is 40.4 Å². The maximum atomic E-state index is 12.7. The Bertz CT molecular complexity index is 1410. The zero-order chi connectivity index (χ0) is 26.7. The molecular weight excluding hydrogens is 582 g/mol. The number of carbonyl (C=O) groups is 1. The molecule has 0 saturated carbocycles. The minimum atomic E-state index is -0.655. The number of ether oxygens (including phenoxy) is 2. The molecule has 2 atom stereocenters. The number of aromatic hydroxyl groups is 1. The van der Waals surface area contributed by atoms with E-state index >= 15 is 0 Å². The molecule has 13 heteroatoms. The normalized spacial score (nSPS) is 12.7. The standard InChI is InChI=1S/C24H24BrN5O5S2/c1-11-27-22(35-30-11)14(28-24-29-15(10-37-24)12-4-6-13(26)7-5-12)8-18(36)19-16(31)9-17(33-2)21(25)20(19)23(32)34-3/h4-7,9-10,14,18,31,36H,8,26H2,1-3H3,(H,28,29)/t14?,18-/m1/s1. The molecule has 4 rings (SSSR count). The highest BCUT2D eigenvalue weighted by atomic mass is 79.9. The number of phenols is 1. The Labute approximate surface area is 230 Å². The molecule has 0 saturated heterocycles. The first-order chi connectivity index (χ1) is 17.7. The van der Waals surface area contributed by atoms with Gasteiger partial charge in [-0.05, 0) is 41.4 Å². The number of nitrogens with zero attached hydrogens (tertiary/aromatic N) is 3. The monoisotopic (exact) mass is 605 g/mol. The van der Waals surface area contributed by atoms with E-state index in [1.54, 1.807) is 6.92 Å². The van der Waals surface area contributed by atoms with Crippen LogP contribution in [-0.2, 0) is 4.74 Å². The van der Waals surface area contributed by atoms with Gasteiger partial charge in [-0.2, -0.15) is 17.6 Å². The van der Waals surface area contributed by atoms with Crippen LogP contribution in [0.5, 0.6) is 11.5 Å². The van der Waals surface area contributed by atoms with Crippen molar-refractivity contribution in [3.8, 4) is 22.8 Å². The zero-order valence-corrected chi connectivity index (χ0v) is 23.4. The van der Waals surface area contributed by atoms with E-state index in [1.165, 1.54) is 31.6 Å². The largest absolute Gasteiger partial charge is 0.507 e. The lowest BCUT2D eigenvalue weighted by molar-refractivity contribution is 0.0597. The number of phenolic OH excluding ortho intramolecular Hbond substituents is 1. The van der Waals surface area contributed by atoms with Crippen LogP contribution in [0.15, 0.2) is 44.7 Å². The molecule has 10 nitrogen and oxygen atoms in total. The van der Waals surface area contributed by atoms with E-state index < -0.39 is 17.3 Å². The van der Waals surface area contributed by atoms with Crippen LogP contribution in [0.4, 0.5) is 10.8 Å². The second kappa shape index (κ2) is 11.4. The molecule has 0 aliphatic rings. The van der Waals surface area contributed by atoms with Crippen LogP contribution in [0.25, 0.3) is 11.3 Å². The predicted molar refractivity (Wildman–Crippen MR) is 147 cm³/mol. The molecule has 4 aromatic rings. The first kappa shape index (κ1) is 26.8. The second-order valence-corrected chi connectivity index (χ2v) is 10.3. The Morgan fingerprint density at radius 3 is 2.65 bits per heavy atom. The van der Waals surface area contributed by atoms with Gasteiger partial charge >= 0.3 is 5.97 Å². The van der Waals surface area contributed by atoms with E-state index in [1.807, 2.05) is 29.6 Å². The molecule has 2 heterocycles. The van der Waals surface area contributed by atoms with Gasteiger partial charge in [0, 0.05) is 33.5 Å². The Hall–Kier alpha value is -3.29. The van der Waals surface area contributed by atoms with Gasteiger partial charge in [0.25, 0.3) is 0 Å². The average Bonchev–Trinajstić information content (AvgIpc) is 3.53. The highest BCUT2D eigenvalue weighted by Crippen LogP contribution is 2.45. The van der Waals surface area contributed by atoms with Gasteiger partial charge in [0.1, 0.15) is 17.5 Å². The molecule has 0 aliphatic carbocycles. The van der Waals surface area contributed by atoms with E-state index in [-0.39, 0.29) is 29.0 Å². The number of halogens is 1. The number of aryl methyl sites for hydroxylation is 1. The number of esters is 1. The topological polar surface area (TPSA) is 146 Å². The van der Waals surface area contributed by atoms with E-state index in [0.717, 1.165) is 11.3 Å². The lowest BCUT2D eigenvalue weighted by Crippen LogP contribution is -2.16. The van der Waals surface area contributed by atoms with Crippen LogP contribution < -0.4 is 15.8 Å². The van der Waals surface area contributed by atoms with Crippen LogP contribution in [0.2, 0.25) is 0 Å². The molecule has 0 amide bonds. The maximum Gasteiger partial charge on any atom is 0.339 e. The van der Waals surface area contributed by atoms with Crippen LogP contribution in [0.1, 0.15) is 45.3 Å². The number of thiazole rings is 1. The molecule has 0 fully saturated rings. The summed E-state index contributed by atoms with van der Waals surface area (Å²) >= 11 is 9.55. The number of nitrogen functional groups attached to an aromatic ring is 1. The molecule has 2 aromatic heterocycles. The summed E-state index contributed by atoms with van der Waals surface area (Å²) in [6.07, 6.45) is 0.248. The smallest absolute Gasteiger partial charge is 0.339 e. The lowest BCUT2D eigenvalue weighted by Gasteiger charge is -2.22. The molecular formula is C24H24BrN5O5S2. The van der Waals surface area contributed by atoms with Crippen molar-refractivity contribution in [1.29, 1.82) is 0 Å². The number of thiol groups is 1. The van der Waals surface area contributed by atoms with Crippen LogP contribution in [0, 0.1) is 6.92 Å². The van der Waals surface area contributed by atoms with Crippen molar-refractivity contribution >= 4 is 56.7 Å². The molecule has 2 aromatic carbocycles. The summed E-state index contributed by atoms with van der Waals surface area (Å²) in [6.45, 7) is 1.71. The number of anilines is 2. The highest BCUT2D eigenvalue weighted by molar-refractivity contribution is 9.10. The third-order valence-corrected chi connectivity index (χ3v) is 7.53. The quantitative estimate of drug-likeness (QED) is 0.109. The van der Waals surface area contributed by atoms with Gasteiger partial charge in [0.2, 0.25) is 5.89 Å². The van der Waals surface area contributed by atoms with Gasteiger partial charge < -0.3 is 30.2 Å². The Morgan fingerprint density at radius 1 is 1.30 bits per heavy atom. The SMILES string of the molecule is COC(=O)c1c(Br)c(OC)cc(O)c1[C@H](S)CC(Nc1nc(-c2ccc(N)cc2)cs1)c1nc(C)no1. The molecule has 0 spiro atoms. The third-order valence-electron chi connectivity index (χ3n) is 5.50. The summed E-state index contributed by atoms with van der Waals surface area (Å²) in [4.78, 5) is 21.7. The fourth-order valence-electron chi connectivity index (χ4n) is 3.72. The predicted octanol–water partition coefficient (Wildman–Crippen LogP) is 5.56. The Morgan fingerprint density at radius 2 is 2.03 bits per heavy atom. The molecule has 4 N–H and O–H groups in total. The van der Waals surface area contributed by atoms with Gasteiger partial charge in [0.15, 0.2) is 11.0 Å². The highest BCUT2D eigenvalue weighted by Gasteiger charge is 2.31. The number of hydrogen-bond acceptors (Lipinski definition) is 12. The van der Waals surface area contributed by atoms with E-state index in [4.69, 9.17) is 32.4 Å². The van der Waals surface area contributed by atoms with Crippen LogP contribution >= 0.6 is 39.9 Å². The minimum Gasteiger partial charge on any atom is -0.507 e. The van der Waals surface area contributed by atoms with Crippen molar-refractivity contribution in [2.45, 2.75) is 24.6 Å². The van der Waals surface area contributed by atoms with Crippen molar-refractivity contribution in [3.63, 3.8) is 0 Å². The fourth-order valence-corrected chi connectivity index (χ4v) is 5.61. The minimum absolute atomic E-state index is 0.111. The fraction of sp³-hybridized carbons (Fsp3) is 0.250. The van der Waals surface area contributed by atoms with Crippen molar-refractivity contribution in [2.75, 3.05) is 25.3 Å². The summed E-state index contributed by atoms with van der Waals surface area (Å²) in [5.74, 6) is 0.237. The average molecular weight is 607 g/mol. The summed E-state index contributed by atoms with van der Waals surface area (Å²) in [7, 11) is 2.69. The number of nitrogens with two attached hydrogens (primary N) is 1. The number of nitrogens with one attached hydrogen (secondary N) is 1. The Kier molecular flexibility index (Phi) is 8.25. The Balaban J connectivity index is 1.67. The van der Waals surface area contributed by atoms with Crippen molar-refractivity contribution in [3.05, 3.63) is 63.0 Å². The number of rotatable bonds is 9. The van der Waals surface area contributed by atoms with E-state index in [2.05, 4.69) is 36.4 Å². The lowest BCUT2D eigenvalue weighted by atomic mass is 9.97. The molecule has 0 aliphatic heterocycles. The molecule has 194 valence electrons. The van der Waals surface area contributed by atoms with Gasteiger partial charge in [-0.3, -0.25) is 0 Å². The second-order valence-electron chi connectivity index (χ2n) is 7.98. The number of hydrogen-bond donors (Lipinski definition) is 4. The molecule has 37 heavy (non-hydrogen) atoms. The molecule has 1 unspecified atom stereocenters. The van der Waals surface area contributed by atoms with Gasteiger partial charge in [-0.15, -0.1) is 11.3 Å². The summed E-state index contributed by atoms with van der Waals surface area (Å²) in [5, 5.41) is 19.9. The van der Waals surface area contributed by atoms with Gasteiger partial charge in [-0.25, -0.2) is 9.78 Å². The van der Waals surface area contributed by atoms with E-state index in [0.29, 0.717) is 27.0 Å². The van der Waals surface area contributed by atoms with Gasteiger partial charge in [0.05, 0.1) is 29.9 Å². The first-order valence-corrected chi connectivity index (χ1v) is 13.1. The first-order valence-electron chi connectivity index (χ1n) is 11.0. The van der Waals surface area contributed by atoms with Crippen molar-refractivity contribution < 1.29 is 23.9 Å². The number of benzene rings is 2. The molecule has 0 radical (unpaired) electrons. The number of methoxy groups -OCH3 is 2. The molecule has 0 bridgehead atoms. The summed E-state index contributed by atoms with van der Waals surface area (Å²) in [5.41, 5.74) is 8.55. The number of aromatic nitrogens is 3. The van der Waals surface area contributed by atoms with Gasteiger partial charge in [-0.1, -0.05) is 17.3 Å². The third kappa shape index (κ3) is 5.84. The maximum absolute atomic E-state index is 12.7. The number of carbonyl (C=O) groups excluding carboxylic acids is 1. The van der Waals surface area contributed by atoms with Crippen molar-refractivity contribution in [2.24, 2.45) is 0 Å².